The van der Waals surface area contributed by atoms with Gasteiger partial charge in [0.1, 0.15) is 0 Å². The lowest BCUT2D eigenvalue weighted by Crippen LogP contribution is -2.58. The lowest BCUT2D eigenvalue weighted by Gasteiger charge is -2.49. The molecular weight excluding hydrogens is 184 g/mol. The fraction of sp³-hybridized carbons (Fsp3) is 1.00. The molecule has 1 rings (SSSR count). The van der Waals surface area contributed by atoms with Crippen LogP contribution in [0.5, 0.6) is 0 Å². The van der Waals surface area contributed by atoms with Gasteiger partial charge in [0.05, 0.1) is 0 Å². The van der Waals surface area contributed by atoms with Gasteiger partial charge in [-0.25, -0.2) is 0 Å². The number of piperidine rings is 1. The molecular formula is C13H28N2. The highest BCUT2D eigenvalue weighted by Gasteiger charge is 2.36. The van der Waals surface area contributed by atoms with Crippen LogP contribution in [0.3, 0.4) is 0 Å². The van der Waals surface area contributed by atoms with Crippen molar-refractivity contribution in [2.75, 3.05) is 13.1 Å². The summed E-state index contributed by atoms with van der Waals surface area (Å²) in [6.45, 7) is 11.4. The van der Waals surface area contributed by atoms with E-state index in [-0.39, 0.29) is 5.54 Å². The van der Waals surface area contributed by atoms with E-state index in [1.165, 1.54) is 32.2 Å². The Morgan fingerprint density at radius 3 is 2.60 bits per heavy atom. The highest BCUT2D eigenvalue weighted by atomic mass is 15.2. The van der Waals surface area contributed by atoms with Crippen molar-refractivity contribution in [1.29, 1.82) is 0 Å². The Labute approximate surface area is 95.2 Å². The molecule has 2 heteroatoms. The summed E-state index contributed by atoms with van der Waals surface area (Å²) < 4.78 is 0. The summed E-state index contributed by atoms with van der Waals surface area (Å²) in [6, 6.07) is 0.693. The van der Waals surface area contributed by atoms with Gasteiger partial charge < -0.3 is 5.73 Å². The van der Waals surface area contributed by atoms with Crippen LogP contribution in [0.15, 0.2) is 0 Å². The van der Waals surface area contributed by atoms with Crippen LogP contribution in [0.2, 0.25) is 0 Å². The van der Waals surface area contributed by atoms with Gasteiger partial charge in [0, 0.05) is 18.1 Å². The molecule has 0 amide bonds. The number of nitrogens with two attached hydrogens (primary N) is 1. The Morgan fingerprint density at radius 2 is 2.07 bits per heavy atom. The van der Waals surface area contributed by atoms with E-state index in [9.17, 15) is 0 Å². The molecule has 0 bridgehead atoms. The molecule has 1 aliphatic heterocycles. The van der Waals surface area contributed by atoms with Crippen molar-refractivity contribution in [3.8, 4) is 0 Å². The Kier molecular flexibility index (Phi) is 4.60. The van der Waals surface area contributed by atoms with Crippen molar-refractivity contribution in [3.05, 3.63) is 0 Å². The Balaban J connectivity index is 2.73. The molecule has 0 saturated carbocycles. The molecule has 0 aromatic rings. The maximum atomic E-state index is 5.99. The summed E-state index contributed by atoms with van der Waals surface area (Å²) in [6.07, 6.45) is 5.17. The second-order valence-corrected chi connectivity index (χ2v) is 5.50. The van der Waals surface area contributed by atoms with Crippen LogP contribution in [-0.4, -0.2) is 29.6 Å². The van der Waals surface area contributed by atoms with E-state index < -0.39 is 0 Å². The van der Waals surface area contributed by atoms with Crippen molar-refractivity contribution in [2.45, 2.75) is 65.0 Å². The number of hydrogen-bond acceptors (Lipinski definition) is 2. The van der Waals surface area contributed by atoms with Gasteiger partial charge in [-0.1, -0.05) is 20.3 Å². The molecule has 2 N–H and O–H groups in total. The molecule has 1 saturated heterocycles. The van der Waals surface area contributed by atoms with Gasteiger partial charge in [0.2, 0.25) is 0 Å². The van der Waals surface area contributed by atoms with E-state index in [1.807, 2.05) is 0 Å². The molecule has 90 valence electrons. The lowest BCUT2D eigenvalue weighted by atomic mass is 9.84. The van der Waals surface area contributed by atoms with Gasteiger partial charge in [-0.3, -0.25) is 4.90 Å². The lowest BCUT2D eigenvalue weighted by molar-refractivity contribution is 0.00936. The van der Waals surface area contributed by atoms with E-state index in [0.29, 0.717) is 6.04 Å². The molecule has 2 nitrogen and oxygen atoms in total. The van der Waals surface area contributed by atoms with Crippen LogP contribution in [0.1, 0.15) is 53.4 Å². The molecule has 1 fully saturated rings. The van der Waals surface area contributed by atoms with Crippen LogP contribution in [-0.2, 0) is 0 Å². The van der Waals surface area contributed by atoms with E-state index in [0.717, 1.165) is 12.5 Å². The summed E-state index contributed by atoms with van der Waals surface area (Å²) in [5.74, 6) is 0.821. The zero-order valence-electron chi connectivity index (χ0n) is 10.9. The highest BCUT2D eigenvalue weighted by molar-refractivity contribution is 4.93. The number of hydrogen-bond donors (Lipinski definition) is 1. The largest absolute Gasteiger partial charge is 0.329 e. The monoisotopic (exact) mass is 212 g/mol. The summed E-state index contributed by atoms with van der Waals surface area (Å²) in [7, 11) is 0. The van der Waals surface area contributed by atoms with E-state index in [4.69, 9.17) is 5.73 Å². The molecule has 0 radical (unpaired) electrons. The predicted molar refractivity (Wildman–Crippen MR) is 66.9 cm³/mol. The van der Waals surface area contributed by atoms with Crippen molar-refractivity contribution in [1.82, 2.24) is 4.90 Å². The van der Waals surface area contributed by atoms with Crippen molar-refractivity contribution >= 4 is 0 Å². The zero-order chi connectivity index (χ0) is 11.5. The fourth-order valence-corrected chi connectivity index (χ4v) is 3.00. The van der Waals surface area contributed by atoms with Gasteiger partial charge in [-0.05, 0) is 45.6 Å². The van der Waals surface area contributed by atoms with Gasteiger partial charge >= 0.3 is 0 Å². The minimum Gasteiger partial charge on any atom is -0.329 e. The quantitative estimate of drug-likeness (QED) is 0.776. The molecule has 0 aromatic heterocycles. The minimum absolute atomic E-state index is 0.225. The summed E-state index contributed by atoms with van der Waals surface area (Å²) in [5.41, 5.74) is 6.21. The second kappa shape index (κ2) is 5.31. The van der Waals surface area contributed by atoms with E-state index in [1.54, 1.807) is 0 Å². The number of rotatable bonds is 4. The minimum atomic E-state index is 0.225. The molecule has 0 aromatic carbocycles. The number of nitrogens with zero attached hydrogens (tertiary/aromatic N) is 1. The first-order valence-corrected chi connectivity index (χ1v) is 6.52. The molecule has 1 aliphatic rings. The third kappa shape index (κ3) is 2.73. The molecule has 3 unspecified atom stereocenters. The van der Waals surface area contributed by atoms with Crippen molar-refractivity contribution in [3.63, 3.8) is 0 Å². The Hall–Kier alpha value is -0.0800. The average Bonchev–Trinajstić information content (AvgIpc) is 2.22. The standard InChI is InChI=1S/C13H28N2/c1-5-8-13(4,10-14)15-9-6-7-11(2)12(15)3/h11-12H,5-10,14H2,1-4H3. The first kappa shape index (κ1) is 13.0. The highest BCUT2D eigenvalue weighted by Crippen LogP contribution is 2.31. The molecule has 3 atom stereocenters. The van der Waals surface area contributed by atoms with Crippen molar-refractivity contribution < 1.29 is 0 Å². The van der Waals surface area contributed by atoms with E-state index >= 15 is 0 Å². The van der Waals surface area contributed by atoms with Crippen LogP contribution >= 0.6 is 0 Å². The maximum Gasteiger partial charge on any atom is 0.0306 e. The normalized spacial score (nSPS) is 32.6. The third-order valence-corrected chi connectivity index (χ3v) is 4.30. The maximum absolute atomic E-state index is 5.99. The molecule has 0 spiro atoms. The van der Waals surface area contributed by atoms with Crippen LogP contribution in [0.25, 0.3) is 0 Å². The molecule has 1 heterocycles. The molecule has 0 aliphatic carbocycles. The van der Waals surface area contributed by atoms with Gasteiger partial charge in [0.15, 0.2) is 0 Å². The SMILES string of the molecule is CCCC(C)(CN)N1CCCC(C)C1C. The van der Waals surface area contributed by atoms with Gasteiger partial charge in [-0.2, -0.15) is 0 Å². The summed E-state index contributed by atoms with van der Waals surface area (Å²) in [4.78, 5) is 2.66. The first-order chi connectivity index (χ1) is 7.05. The third-order valence-electron chi connectivity index (χ3n) is 4.30. The predicted octanol–water partition coefficient (Wildman–Crippen LogP) is 2.62. The Morgan fingerprint density at radius 1 is 1.40 bits per heavy atom. The smallest absolute Gasteiger partial charge is 0.0306 e. The molecule has 15 heavy (non-hydrogen) atoms. The van der Waals surface area contributed by atoms with Gasteiger partial charge in [0.25, 0.3) is 0 Å². The topological polar surface area (TPSA) is 29.3 Å². The second-order valence-electron chi connectivity index (χ2n) is 5.50. The van der Waals surface area contributed by atoms with Crippen LogP contribution in [0.4, 0.5) is 0 Å². The van der Waals surface area contributed by atoms with Gasteiger partial charge in [-0.15, -0.1) is 0 Å². The van der Waals surface area contributed by atoms with Crippen LogP contribution in [0, 0.1) is 5.92 Å². The average molecular weight is 212 g/mol. The van der Waals surface area contributed by atoms with Crippen LogP contribution < -0.4 is 5.73 Å². The van der Waals surface area contributed by atoms with Crippen molar-refractivity contribution in [2.24, 2.45) is 11.7 Å². The first-order valence-electron chi connectivity index (χ1n) is 6.52. The summed E-state index contributed by atoms with van der Waals surface area (Å²) >= 11 is 0. The van der Waals surface area contributed by atoms with E-state index in [2.05, 4.69) is 32.6 Å². The summed E-state index contributed by atoms with van der Waals surface area (Å²) in [5, 5.41) is 0. The number of likely N-dealkylation sites (tertiary alicyclic amines) is 1. The zero-order valence-corrected chi connectivity index (χ0v) is 10.9. The fourth-order valence-electron chi connectivity index (χ4n) is 3.00. The Bertz CT molecular complexity index is 193.